The average molecular weight is 361 g/mol. The number of sulfonamides is 1. The summed E-state index contributed by atoms with van der Waals surface area (Å²) in [5, 5.41) is 14.8. The van der Waals surface area contributed by atoms with E-state index in [0.29, 0.717) is 6.54 Å². The monoisotopic (exact) mass is 361 g/mol. The zero-order valence-corrected chi connectivity index (χ0v) is 14.0. The Bertz CT molecular complexity index is 649. The first-order chi connectivity index (χ1) is 11.1. The van der Waals surface area contributed by atoms with Crippen molar-refractivity contribution in [3.63, 3.8) is 0 Å². The third-order valence-electron chi connectivity index (χ3n) is 2.67. The van der Waals surface area contributed by atoms with Crippen molar-refractivity contribution < 1.29 is 33.0 Å². The van der Waals surface area contributed by atoms with Gasteiger partial charge in [-0.3, -0.25) is 9.78 Å². The van der Waals surface area contributed by atoms with E-state index in [2.05, 4.69) is 9.71 Å². The number of amides is 1. The molecule has 11 heteroatoms. The number of pyridine rings is 1. The Morgan fingerprint density at radius 2 is 1.83 bits per heavy atom. The molecule has 1 amide bonds. The van der Waals surface area contributed by atoms with Crippen molar-refractivity contribution in [3.05, 3.63) is 30.1 Å². The number of hydrogen-bond acceptors (Lipinski definition) is 6. The first kappa shape index (κ1) is 21.5. The second kappa shape index (κ2) is 10.3. The summed E-state index contributed by atoms with van der Waals surface area (Å²) in [6, 6.07) is 3.62. The molecular formula is C13H19N3O7S. The second-order valence-corrected chi connectivity index (χ2v) is 6.48. The van der Waals surface area contributed by atoms with E-state index in [-0.39, 0.29) is 18.2 Å². The quantitative estimate of drug-likeness (QED) is 0.553. The van der Waals surface area contributed by atoms with E-state index in [1.165, 1.54) is 18.9 Å². The predicted molar refractivity (Wildman–Crippen MR) is 83.4 cm³/mol. The smallest absolute Gasteiger partial charge is 0.414 e. The van der Waals surface area contributed by atoms with Gasteiger partial charge in [-0.2, -0.15) is 0 Å². The standard InChI is InChI=1S/C11H17N3O3S.C2H2O4/c1-10(15)14(6-7-18(16,17)12-2)9-11-4-3-5-13-8-11;3-1(4)2(5)6/h3-5,8,12H,6-7,9H2,1-2H3;(H,3,4)(H,5,6). The molecule has 0 fully saturated rings. The van der Waals surface area contributed by atoms with Crippen LogP contribution in [0.15, 0.2) is 24.5 Å². The zero-order valence-electron chi connectivity index (χ0n) is 13.2. The van der Waals surface area contributed by atoms with Gasteiger partial charge in [-0.05, 0) is 18.7 Å². The lowest BCUT2D eigenvalue weighted by molar-refractivity contribution is -0.159. The van der Waals surface area contributed by atoms with E-state index in [4.69, 9.17) is 19.8 Å². The van der Waals surface area contributed by atoms with Crippen molar-refractivity contribution in [1.82, 2.24) is 14.6 Å². The van der Waals surface area contributed by atoms with Gasteiger partial charge in [0.25, 0.3) is 0 Å². The minimum Gasteiger partial charge on any atom is -0.473 e. The lowest BCUT2D eigenvalue weighted by atomic mass is 10.2. The van der Waals surface area contributed by atoms with Crippen LogP contribution in [-0.4, -0.2) is 65.7 Å². The van der Waals surface area contributed by atoms with Crippen LogP contribution in [0.4, 0.5) is 0 Å². The van der Waals surface area contributed by atoms with Gasteiger partial charge in [0, 0.05) is 32.4 Å². The zero-order chi connectivity index (χ0) is 18.8. The maximum Gasteiger partial charge on any atom is 0.414 e. The lowest BCUT2D eigenvalue weighted by Gasteiger charge is -2.20. The fourth-order valence-electron chi connectivity index (χ4n) is 1.39. The van der Waals surface area contributed by atoms with E-state index < -0.39 is 22.0 Å². The molecule has 24 heavy (non-hydrogen) atoms. The number of carbonyl (C=O) groups is 3. The highest BCUT2D eigenvalue weighted by molar-refractivity contribution is 7.89. The molecular weight excluding hydrogens is 342 g/mol. The highest BCUT2D eigenvalue weighted by Crippen LogP contribution is 2.03. The normalized spacial score (nSPS) is 10.2. The fourth-order valence-corrected chi connectivity index (χ4v) is 2.06. The molecule has 134 valence electrons. The lowest BCUT2D eigenvalue weighted by Crippen LogP contribution is -2.35. The third kappa shape index (κ3) is 9.48. The number of aromatic nitrogens is 1. The summed E-state index contributed by atoms with van der Waals surface area (Å²) in [4.78, 5) is 35.1. The van der Waals surface area contributed by atoms with Gasteiger partial charge in [0.05, 0.1) is 5.75 Å². The van der Waals surface area contributed by atoms with Gasteiger partial charge in [0.2, 0.25) is 15.9 Å². The third-order valence-corrected chi connectivity index (χ3v) is 4.01. The molecule has 0 aliphatic rings. The van der Waals surface area contributed by atoms with Gasteiger partial charge >= 0.3 is 11.9 Å². The average Bonchev–Trinajstić information content (AvgIpc) is 2.52. The molecule has 0 saturated heterocycles. The molecule has 0 aromatic carbocycles. The topological polar surface area (TPSA) is 154 Å². The first-order valence-electron chi connectivity index (χ1n) is 6.61. The van der Waals surface area contributed by atoms with Crippen LogP contribution in [0.2, 0.25) is 0 Å². The van der Waals surface area contributed by atoms with E-state index in [1.807, 2.05) is 6.07 Å². The fraction of sp³-hybridized carbons (Fsp3) is 0.385. The van der Waals surface area contributed by atoms with Crippen molar-refractivity contribution in [2.75, 3.05) is 19.3 Å². The molecule has 0 bridgehead atoms. The molecule has 0 spiro atoms. The summed E-state index contributed by atoms with van der Waals surface area (Å²) < 4.78 is 24.9. The predicted octanol–water partition coefficient (Wildman–Crippen LogP) is -0.865. The van der Waals surface area contributed by atoms with Crippen LogP contribution in [-0.2, 0) is 31.0 Å². The Morgan fingerprint density at radius 1 is 1.25 bits per heavy atom. The van der Waals surface area contributed by atoms with Gasteiger partial charge in [-0.15, -0.1) is 0 Å². The maximum atomic E-state index is 11.4. The van der Waals surface area contributed by atoms with Crippen LogP contribution in [0.1, 0.15) is 12.5 Å². The van der Waals surface area contributed by atoms with Crippen molar-refractivity contribution in [1.29, 1.82) is 0 Å². The van der Waals surface area contributed by atoms with Crippen LogP contribution >= 0.6 is 0 Å². The maximum absolute atomic E-state index is 11.4. The van der Waals surface area contributed by atoms with Crippen molar-refractivity contribution in [3.8, 4) is 0 Å². The molecule has 1 rings (SSSR count). The number of carboxylic acids is 2. The van der Waals surface area contributed by atoms with Crippen LogP contribution in [0.5, 0.6) is 0 Å². The molecule has 10 nitrogen and oxygen atoms in total. The summed E-state index contributed by atoms with van der Waals surface area (Å²) in [5.74, 6) is -3.92. The van der Waals surface area contributed by atoms with Crippen molar-refractivity contribution >= 4 is 27.9 Å². The molecule has 3 N–H and O–H groups in total. The largest absolute Gasteiger partial charge is 0.473 e. The van der Waals surface area contributed by atoms with E-state index in [9.17, 15) is 13.2 Å². The summed E-state index contributed by atoms with van der Waals surface area (Å²) in [6.45, 7) is 1.94. The van der Waals surface area contributed by atoms with Gasteiger partial charge in [-0.1, -0.05) is 6.07 Å². The van der Waals surface area contributed by atoms with E-state index in [0.717, 1.165) is 5.56 Å². The van der Waals surface area contributed by atoms with Gasteiger partial charge in [-0.25, -0.2) is 22.7 Å². The molecule has 0 radical (unpaired) electrons. The Kier molecular flexibility index (Phi) is 9.20. The molecule has 0 aliphatic carbocycles. The van der Waals surface area contributed by atoms with Gasteiger partial charge < -0.3 is 15.1 Å². The summed E-state index contributed by atoms with van der Waals surface area (Å²) in [6.07, 6.45) is 3.30. The minimum absolute atomic E-state index is 0.108. The molecule has 0 atom stereocenters. The van der Waals surface area contributed by atoms with Crippen LogP contribution in [0, 0.1) is 0 Å². The number of hydrogen-bond donors (Lipinski definition) is 3. The summed E-state index contributed by atoms with van der Waals surface area (Å²) in [7, 11) is -1.94. The molecule has 1 aromatic rings. The highest BCUT2D eigenvalue weighted by Gasteiger charge is 2.14. The Labute approximate surface area is 139 Å². The Morgan fingerprint density at radius 3 is 2.21 bits per heavy atom. The number of nitrogens with zero attached hydrogens (tertiary/aromatic N) is 2. The number of rotatable bonds is 6. The van der Waals surface area contributed by atoms with E-state index in [1.54, 1.807) is 18.5 Å². The van der Waals surface area contributed by atoms with Crippen LogP contribution in [0.25, 0.3) is 0 Å². The highest BCUT2D eigenvalue weighted by atomic mass is 32.2. The molecule has 0 aliphatic heterocycles. The minimum atomic E-state index is -3.30. The van der Waals surface area contributed by atoms with Crippen LogP contribution in [0.3, 0.4) is 0 Å². The van der Waals surface area contributed by atoms with Gasteiger partial charge in [0.1, 0.15) is 0 Å². The number of carboxylic acid groups (broad SMARTS) is 2. The number of aliphatic carboxylic acids is 2. The van der Waals surface area contributed by atoms with E-state index >= 15 is 0 Å². The van der Waals surface area contributed by atoms with Crippen LogP contribution < -0.4 is 4.72 Å². The SMILES string of the molecule is CNS(=O)(=O)CCN(Cc1cccnc1)C(C)=O.O=C(O)C(=O)O. The molecule has 0 saturated carbocycles. The Balaban J connectivity index is 0.000000754. The Hall–Kier alpha value is -2.53. The molecule has 0 unspecified atom stereocenters. The van der Waals surface area contributed by atoms with Crippen molar-refractivity contribution in [2.24, 2.45) is 0 Å². The molecule has 1 aromatic heterocycles. The first-order valence-corrected chi connectivity index (χ1v) is 8.26. The summed E-state index contributed by atoms with van der Waals surface area (Å²) >= 11 is 0. The number of carbonyl (C=O) groups excluding carboxylic acids is 1. The summed E-state index contributed by atoms with van der Waals surface area (Å²) in [5.41, 5.74) is 0.870. The number of nitrogens with one attached hydrogen (secondary N) is 1. The van der Waals surface area contributed by atoms with Crippen molar-refractivity contribution in [2.45, 2.75) is 13.5 Å². The van der Waals surface area contributed by atoms with Gasteiger partial charge in [0.15, 0.2) is 0 Å². The molecule has 1 heterocycles. The second-order valence-electron chi connectivity index (χ2n) is 4.44.